The topological polar surface area (TPSA) is 66.5 Å². The second kappa shape index (κ2) is 9.46. The summed E-state index contributed by atoms with van der Waals surface area (Å²) < 4.78 is 41.6. The van der Waals surface area contributed by atoms with Gasteiger partial charge in [0.25, 0.3) is 10.0 Å². The zero-order chi connectivity index (χ0) is 25.4. The van der Waals surface area contributed by atoms with Crippen LogP contribution < -0.4 is 4.72 Å². The van der Waals surface area contributed by atoms with Crippen LogP contribution in [0.2, 0.25) is 0 Å². The first-order chi connectivity index (χ1) is 16.4. The van der Waals surface area contributed by atoms with Gasteiger partial charge in [-0.1, -0.05) is 51.1 Å². The predicted molar refractivity (Wildman–Crippen MR) is 136 cm³/mol. The number of amides is 1. The smallest absolute Gasteiger partial charge is 0.262 e. The van der Waals surface area contributed by atoms with Gasteiger partial charge in [0.1, 0.15) is 5.82 Å². The molecule has 0 unspecified atom stereocenters. The van der Waals surface area contributed by atoms with E-state index in [1.165, 1.54) is 29.8 Å². The molecule has 0 atom stereocenters. The second-order valence-corrected chi connectivity index (χ2v) is 11.8. The first-order valence-corrected chi connectivity index (χ1v) is 13.2. The Morgan fingerprint density at radius 1 is 1.00 bits per heavy atom. The van der Waals surface area contributed by atoms with Crippen LogP contribution in [0, 0.1) is 12.7 Å². The van der Waals surface area contributed by atoms with E-state index in [1.807, 2.05) is 23.1 Å². The molecule has 0 aromatic heterocycles. The average Bonchev–Trinajstić information content (AvgIpc) is 2.79. The fraction of sp³-hybridized carbons (Fsp3) is 0.321. The van der Waals surface area contributed by atoms with Gasteiger partial charge in [-0.3, -0.25) is 9.52 Å². The van der Waals surface area contributed by atoms with Crippen molar-refractivity contribution in [2.75, 3.05) is 11.3 Å². The molecule has 1 aliphatic rings. The number of benzene rings is 3. The summed E-state index contributed by atoms with van der Waals surface area (Å²) >= 11 is 0. The summed E-state index contributed by atoms with van der Waals surface area (Å²) in [5.74, 6) is -0.370. The van der Waals surface area contributed by atoms with E-state index in [4.69, 9.17) is 0 Å². The molecule has 0 aliphatic carbocycles. The van der Waals surface area contributed by atoms with Crippen LogP contribution in [0.1, 0.15) is 48.6 Å². The Morgan fingerprint density at radius 3 is 2.29 bits per heavy atom. The third-order valence-corrected chi connectivity index (χ3v) is 7.95. The van der Waals surface area contributed by atoms with E-state index in [0.717, 1.165) is 16.7 Å². The average molecular weight is 495 g/mol. The van der Waals surface area contributed by atoms with Crippen molar-refractivity contribution in [1.29, 1.82) is 0 Å². The lowest BCUT2D eigenvalue weighted by Gasteiger charge is -2.30. The van der Waals surface area contributed by atoms with Crippen molar-refractivity contribution < 1.29 is 17.6 Å². The summed E-state index contributed by atoms with van der Waals surface area (Å²) in [5, 5.41) is 0. The Bertz CT molecular complexity index is 1340. The fourth-order valence-electron chi connectivity index (χ4n) is 4.35. The number of carbonyl (C=O) groups is 1. The monoisotopic (exact) mass is 494 g/mol. The number of fused-ring (bicyclic) bond motifs is 1. The van der Waals surface area contributed by atoms with Gasteiger partial charge in [-0.15, -0.1) is 0 Å². The Morgan fingerprint density at radius 2 is 1.66 bits per heavy atom. The van der Waals surface area contributed by atoms with Crippen molar-refractivity contribution >= 4 is 21.6 Å². The summed E-state index contributed by atoms with van der Waals surface area (Å²) in [6, 6.07) is 17.0. The molecule has 0 spiro atoms. The molecule has 0 fully saturated rings. The SMILES string of the molecule is Cc1cc2c(cc1S(=O)(=O)Nc1ccc(F)cc1)CCN(C(=O)Cc1ccc(C(C)(C)C)cc1)C2. The standard InChI is InChI=1S/C28H31FN2O3S/c1-19-15-22-18-31(27(32)16-20-5-7-23(8-6-20)28(2,3)4)14-13-21(22)17-26(19)35(33,34)30-25-11-9-24(29)10-12-25/h5-12,15,17,30H,13-14,16,18H2,1-4H3. The normalized spacial score (nSPS) is 13.9. The van der Waals surface area contributed by atoms with Gasteiger partial charge in [0, 0.05) is 18.8 Å². The maximum Gasteiger partial charge on any atom is 0.262 e. The quantitative estimate of drug-likeness (QED) is 0.519. The third kappa shape index (κ3) is 5.73. The minimum Gasteiger partial charge on any atom is -0.338 e. The minimum atomic E-state index is -3.83. The van der Waals surface area contributed by atoms with Crippen LogP contribution in [-0.4, -0.2) is 25.8 Å². The largest absolute Gasteiger partial charge is 0.338 e. The molecule has 0 saturated heterocycles. The highest BCUT2D eigenvalue weighted by atomic mass is 32.2. The van der Waals surface area contributed by atoms with Crippen molar-refractivity contribution in [2.45, 2.75) is 57.4 Å². The summed E-state index contributed by atoms with van der Waals surface area (Å²) in [5.41, 5.74) is 5.08. The molecule has 1 aliphatic heterocycles. The number of rotatable bonds is 5. The summed E-state index contributed by atoms with van der Waals surface area (Å²) in [6.45, 7) is 9.24. The molecule has 4 rings (SSSR count). The summed E-state index contributed by atoms with van der Waals surface area (Å²) in [4.78, 5) is 15.0. The highest BCUT2D eigenvalue weighted by Gasteiger charge is 2.25. The molecule has 184 valence electrons. The molecule has 1 amide bonds. The molecule has 3 aromatic carbocycles. The zero-order valence-corrected chi connectivity index (χ0v) is 21.4. The van der Waals surface area contributed by atoms with Crippen LogP contribution in [0.15, 0.2) is 65.6 Å². The number of anilines is 1. The van der Waals surface area contributed by atoms with Crippen LogP contribution in [0.3, 0.4) is 0 Å². The van der Waals surface area contributed by atoms with Crippen LogP contribution in [-0.2, 0) is 39.6 Å². The lowest BCUT2D eigenvalue weighted by atomic mass is 9.86. The molecule has 0 radical (unpaired) electrons. The Hall–Kier alpha value is -3.19. The first kappa shape index (κ1) is 24.9. The number of nitrogens with zero attached hydrogens (tertiary/aromatic N) is 1. The number of aryl methyl sites for hydroxylation is 1. The van der Waals surface area contributed by atoms with E-state index in [0.29, 0.717) is 37.2 Å². The highest BCUT2D eigenvalue weighted by molar-refractivity contribution is 7.92. The summed E-state index contributed by atoms with van der Waals surface area (Å²) in [7, 11) is -3.83. The van der Waals surface area contributed by atoms with Crippen LogP contribution in [0.25, 0.3) is 0 Å². The van der Waals surface area contributed by atoms with Crippen molar-refractivity contribution in [3.63, 3.8) is 0 Å². The molecular weight excluding hydrogens is 463 g/mol. The van der Waals surface area contributed by atoms with Crippen molar-refractivity contribution in [1.82, 2.24) is 4.90 Å². The summed E-state index contributed by atoms with van der Waals surface area (Å²) in [6.07, 6.45) is 0.927. The van der Waals surface area contributed by atoms with Gasteiger partial charge in [0.05, 0.1) is 11.3 Å². The maximum atomic E-state index is 13.2. The number of carbonyl (C=O) groups excluding carboxylic acids is 1. The van der Waals surface area contributed by atoms with Gasteiger partial charge >= 0.3 is 0 Å². The van der Waals surface area contributed by atoms with Crippen LogP contribution in [0.5, 0.6) is 0 Å². The van der Waals surface area contributed by atoms with E-state index in [-0.39, 0.29) is 16.2 Å². The molecule has 1 N–H and O–H groups in total. The molecule has 1 heterocycles. The lowest BCUT2D eigenvalue weighted by Crippen LogP contribution is -2.37. The highest BCUT2D eigenvalue weighted by Crippen LogP contribution is 2.28. The van der Waals surface area contributed by atoms with Gasteiger partial charge < -0.3 is 4.90 Å². The Balaban J connectivity index is 1.47. The number of hydrogen-bond donors (Lipinski definition) is 1. The second-order valence-electron chi connectivity index (χ2n) is 10.2. The van der Waals surface area contributed by atoms with Gasteiger partial charge in [-0.2, -0.15) is 0 Å². The third-order valence-electron chi connectivity index (χ3n) is 6.42. The number of halogens is 1. The predicted octanol–water partition coefficient (Wildman–Crippen LogP) is 5.36. The molecule has 7 heteroatoms. The van der Waals surface area contributed by atoms with Crippen molar-refractivity contribution in [3.05, 3.63) is 94.3 Å². The molecule has 0 saturated carbocycles. The first-order valence-electron chi connectivity index (χ1n) is 11.7. The van der Waals surface area contributed by atoms with Crippen molar-refractivity contribution in [3.8, 4) is 0 Å². The Kier molecular flexibility index (Phi) is 6.73. The van der Waals surface area contributed by atoms with Crippen LogP contribution in [0.4, 0.5) is 10.1 Å². The minimum absolute atomic E-state index is 0.0616. The fourth-order valence-corrected chi connectivity index (χ4v) is 5.69. The lowest BCUT2D eigenvalue weighted by molar-refractivity contribution is -0.131. The molecule has 5 nitrogen and oxygen atoms in total. The van der Waals surface area contributed by atoms with Gasteiger partial charge in [0.15, 0.2) is 0 Å². The molecule has 0 bridgehead atoms. The maximum absolute atomic E-state index is 13.2. The Labute approximate surface area is 207 Å². The van der Waals surface area contributed by atoms with Crippen molar-refractivity contribution in [2.24, 2.45) is 0 Å². The van der Waals surface area contributed by atoms with E-state index < -0.39 is 15.8 Å². The number of nitrogens with one attached hydrogen (secondary N) is 1. The van der Waals surface area contributed by atoms with Crippen LogP contribution >= 0.6 is 0 Å². The molecule has 35 heavy (non-hydrogen) atoms. The number of hydrogen-bond acceptors (Lipinski definition) is 3. The van der Waals surface area contributed by atoms with E-state index in [1.54, 1.807) is 13.0 Å². The van der Waals surface area contributed by atoms with Gasteiger partial charge in [-0.05, 0) is 76.9 Å². The van der Waals surface area contributed by atoms with Gasteiger partial charge in [0.2, 0.25) is 5.91 Å². The number of sulfonamides is 1. The zero-order valence-electron chi connectivity index (χ0n) is 20.6. The molecular formula is C28H31FN2O3S. The van der Waals surface area contributed by atoms with E-state index in [2.05, 4.69) is 37.6 Å². The van der Waals surface area contributed by atoms with E-state index in [9.17, 15) is 17.6 Å². The van der Waals surface area contributed by atoms with Gasteiger partial charge in [-0.25, -0.2) is 12.8 Å². The molecule has 3 aromatic rings. The van der Waals surface area contributed by atoms with E-state index >= 15 is 0 Å².